The molecule has 1 aromatic carbocycles. The average Bonchev–Trinajstić information content (AvgIpc) is 3.00. The number of hydrogen-bond donors (Lipinski definition) is 0. The van der Waals surface area contributed by atoms with Crippen LogP contribution in [0.2, 0.25) is 0 Å². The smallest absolute Gasteiger partial charge is 0.342 e. The first-order valence-corrected chi connectivity index (χ1v) is 10.7. The molecule has 0 amide bonds. The number of cyclic esters (lactones) is 1. The van der Waals surface area contributed by atoms with Gasteiger partial charge in [-0.3, -0.25) is 0 Å². The van der Waals surface area contributed by atoms with Gasteiger partial charge in [0.05, 0.1) is 26.4 Å². The molecule has 2 aliphatic heterocycles. The largest absolute Gasteiger partial charge is 0.497 e. The van der Waals surface area contributed by atoms with E-state index in [-0.39, 0.29) is 30.2 Å². The van der Waals surface area contributed by atoms with E-state index < -0.39 is 5.79 Å². The average molecular weight is 419 g/mol. The third kappa shape index (κ3) is 5.16. The van der Waals surface area contributed by atoms with E-state index in [4.69, 9.17) is 23.7 Å². The zero-order valence-electron chi connectivity index (χ0n) is 18.9. The molecular formula is C24H34O6. The van der Waals surface area contributed by atoms with Crippen molar-refractivity contribution in [3.05, 3.63) is 35.4 Å². The Hall–Kier alpha value is -2.05. The molecule has 1 unspecified atom stereocenters. The minimum atomic E-state index is -0.595. The molecule has 0 N–H and O–H groups in total. The van der Waals surface area contributed by atoms with E-state index >= 15 is 0 Å². The second-order valence-corrected chi connectivity index (χ2v) is 8.63. The number of carbonyl (C=O) groups excluding carboxylic acids is 1. The third-order valence-electron chi connectivity index (χ3n) is 5.71. The van der Waals surface area contributed by atoms with Gasteiger partial charge in [-0.05, 0) is 51.7 Å². The van der Waals surface area contributed by atoms with E-state index in [9.17, 15) is 4.79 Å². The van der Waals surface area contributed by atoms with Crippen LogP contribution in [0.1, 0.15) is 62.9 Å². The zero-order chi connectivity index (χ0) is 21.9. The number of benzene rings is 1. The summed E-state index contributed by atoms with van der Waals surface area (Å²) < 4.78 is 29.1. The number of rotatable bonds is 2. The molecule has 0 saturated carbocycles. The Labute approximate surface area is 179 Å². The number of aryl methyl sites for hydroxylation is 1. The van der Waals surface area contributed by atoms with Crippen molar-refractivity contribution in [2.24, 2.45) is 5.92 Å². The van der Waals surface area contributed by atoms with E-state index in [0.717, 1.165) is 18.4 Å². The summed E-state index contributed by atoms with van der Waals surface area (Å²) in [7, 11) is 3.16. The Bertz CT molecular complexity index is 784. The number of esters is 1. The predicted octanol–water partition coefficient (Wildman–Crippen LogP) is 4.69. The lowest BCUT2D eigenvalue weighted by molar-refractivity contribution is -0.149. The van der Waals surface area contributed by atoms with Crippen molar-refractivity contribution in [2.45, 2.75) is 77.5 Å². The minimum absolute atomic E-state index is 0.00270. The molecule has 6 nitrogen and oxygen atoms in total. The third-order valence-corrected chi connectivity index (χ3v) is 5.71. The van der Waals surface area contributed by atoms with Crippen LogP contribution in [0.25, 0.3) is 0 Å². The molecule has 0 aromatic heterocycles. The van der Waals surface area contributed by atoms with Crippen LogP contribution in [0.15, 0.2) is 24.3 Å². The van der Waals surface area contributed by atoms with Crippen molar-refractivity contribution in [3.63, 3.8) is 0 Å². The second kappa shape index (κ2) is 9.40. The fourth-order valence-electron chi connectivity index (χ4n) is 4.26. The lowest BCUT2D eigenvalue weighted by Crippen LogP contribution is -2.29. The van der Waals surface area contributed by atoms with Crippen LogP contribution >= 0.6 is 0 Å². The van der Waals surface area contributed by atoms with Gasteiger partial charge in [0.15, 0.2) is 5.79 Å². The van der Waals surface area contributed by atoms with Crippen molar-refractivity contribution >= 4 is 5.97 Å². The van der Waals surface area contributed by atoms with Crippen molar-refractivity contribution in [2.75, 3.05) is 14.2 Å². The molecule has 6 heteroatoms. The van der Waals surface area contributed by atoms with Gasteiger partial charge in [0, 0.05) is 18.4 Å². The van der Waals surface area contributed by atoms with Gasteiger partial charge < -0.3 is 23.7 Å². The molecule has 0 spiro atoms. The number of carbonyl (C=O) groups is 1. The van der Waals surface area contributed by atoms with E-state index in [1.165, 1.54) is 0 Å². The molecule has 0 aliphatic carbocycles. The number of methoxy groups -OCH3 is 2. The molecule has 2 heterocycles. The van der Waals surface area contributed by atoms with Gasteiger partial charge in [0.1, 0.15) is 23.2 Å². The van der Waals surface area contributed by atoms with Gasteiger partial charge in [0.25, 0.3) is 0 Å². The van der Waals surface area contributed by atoms with Crippen LogP contribution < -0.4 is 9.47 Å². The first-order chi connectivity index (χ1) is 14.2. The van der Waals surface area contributed by atoms with Crippen LogP contribution in [0.4, 0.5) is 0 Å². The maximum Gasteiger partial charge on any atom is 0.342 e. The first-order valence-electron chi connectivity index (χ1n) is 10.7. The summed E-state index contributed by atoms with van der Waals surface area (Å²) in [6, 6.07) is 3.62. The highest BCUT2D eigenvalue weighted by Gasteiger charge is 2.42. The van der Waals surface area contributed by atoms with Gasteiger partial charge in [0.2, 0.25) is 0 Å². The van der Waals surface area contributed by atoms with Crippen molar-refractivity contribution in [3.8, 4) is 11.5 Å². The van der Waals surface area contributed by atoms with Gasteiger partial charge in [-0.2, -0.15) is 0 Å². The van der Waals surface area contributed by atoms with Crippen molar-refractivity contribution < 1.29 is 28.5 Å². The van der Waals surface area contributed by atoms with E-state index in [1.807, 2.05) is 26.8 Å². The molecule has 2 aliphatic rings. The first kappa shape index (κ1) is 22.6. The normalized spacial score (nSPS) is 30.4. The fraction of sp³-hybridized carbons (Fsp3) is 0.625. The number of ether oxygens (including phenoxy) is 5. The van der Waals surface area contributed by atoms with Crippen LogP contribution in [0.3, 0.4) is 0 Å². The van der Waals surface area contributed by atoms with Gasteiger partial charge in [-0.25, -0.2) is 4.79 Å². The van der Waals surface area contributed by atoms with Gasteiger partial charge >= 0.3 is 5.97 Å². The second-order valence-electron chi connectivity index (χ2n) is 8.63. The summed E-state index contributed by atoms with van der Waals surface area (Å²) in [6.07, 6.45) is 6.93. The van der Waals surface area contributed by atoms with Crippen molar-refractivity contribution in [1.82, 2.24) is 0 Å². The molecular weight excluding hydrogens is 384 g/mol. The van der Waals surface area contributed by atoms with Crippen LogP contribution in [0.5, 0.6) is 11.5 Å². The predicted molar refractivity (Wildman–Crippen MR) is 114 cm³/mol. The summed E-state index contributed by atoms with van der Waals surface area (Å²) in [4.78, 5) is 13.0. The van der Waals surface area contributed by atoms with Gasteiger partial charge in [-0.15, -0.1) is 0 Å². The number of hydrogen-bond acceptors (Lipinski definition) is 6. The summed E-state index contributed by atoms with van der Waals surface area (Å²) >= 11 is 0. The topological polar surface area (TPSA) is 63.2 Å². The Morgan fingerprint density at radius 2 is 1.87 bits per heavy atom. The van der Waals surface area contributed by atoms with Crippen molar-refractivity contribution in [1.29, 1.82) is 0 Å². The van der Waals surface area contributed by atoms with E-state index in [2.05, 4.69) is 19.1 Å². The Morgan fingerprint density at radius 1 is 1.10 bits per heavy atom. The maximum atomic E-state index is 13.0. The van der Waals surface area contributed by atoms with Crippen LogP contribution in [-0.2, 0) is 20.6 Å². The highest BCUT2D eigenvalue weighted by Crippen LogP contribution is 2.36. The summed E-state index contributed by atoms with van der Waals surface area (Å²) in [5.41, 5.74) is 1.33. The van der Waals surface area contributed by atoms with Gasteiger partial charge in [-0.1, -0.05) is 19.1 Å². The number of fused-ring (bicyclic) bond motifs is 2. The fourth-order valence-corrected chi connectivity index (χ4v) is 4.26. The monoisotopic (exact) mass is 418 g/mol. The molecule has 1 aromatic rings. The zero-order valence-corrected chi connectivity index (χ0v) is 18.9. The van der Waals surface area contributed by atoms with Crippen LogP contribution in [0, 0.1) is 5.92 Å². The lowest BCUT2D eigenvalue weighted by Gasteiger charge is -2.22. The Kier molecular flexibility index (Phi) is 7.09. The maximum absolute atomic E-state index is 13.0. The SMILES string of the molecule is COc1cc2c(c(OC)c1)C(=O)O[C@@H](C)C/C=C\C(C)[C@H]1OC(C)(C)O[C@H]1CCC2. The standard InChI is InChI=1S/C24H34O6/c1-15-9-7-10-16(2)28-23(25)21-17(13-18(26-5)14-20(21)27-6)11-8-12-19-22(15)30-24(3,4)29-19/h7,9,13-16,19,22H,8,10-12H2,1-6H3/b9-7-/t15?,16-,19-,22+/m0/s1. The van der Waals surface area contributed by atoms with E-state index in [1.54, 1.807) is 20.3 Å². The molecule has 0 radical (unpaired) electrons. The molecule has 166 valence electrons. The van der Waals surface area contributed by atoms with E-state index in [0.29, 0.717) is 29.9 Å². The Morgan fingerprint density at radius 3 is 2.57 bits per heavy atom. The molecule has 3 rings (SSSR count). The summed E-state index contributed by atoms with van der Waals surface area (Å²) in [6.45, 7) is 7.97. The highest BCUT2D eigenvalue weighted by molar-refractivity contribution is 5.94. The lowest BCUT2D eigenvalue weighted by atomic mass is 9.93. The summed E-state index contributed by atoms with van der Waals surface area (Å²) in [5, 5.41) is 0. The minimum Gasteiger partial charge on any atom is -0.497 e. The quantitative estimate of drug-likeness (QED) is 0.513. The molecule has 30 heavy (non-hydrogen) atoms. The molecule has 0 bridgehead atoms. The Balaban J connectivity index is 1.94. The van der Waals surface area contributed by atoms with Crippen LogP contribution in [-0.4, -0.2) is 44.3 Å². The summed E-state index contributed by atoms with van der Waals surface area (Å²) in [5.74, 6) is 0.369. The molecule has 4 atom stereocenters. The highest BCUT2D eigenvalue weighted by atomic mass is 16.8. The molecule has 1 saturated heterocycles. The molecule has 1 fully saturated rings.